The minimum atomic E-state index is -0.573. The summed E-state index contributed by atoms with van der Waals surface area (Å²) in [5.74, 6) is -1.23. The predicted octanol–water partition coefficient (Wildman–Crippen LogP) is 0.880. The maximum Gasteiger partial charge on any atom is 0.308 e. The lowest BCUT2D eigenvalue weighted by atomic mass is 10.2. The fraction of sp³-hybridized carbons (Fsp3) is 0.438. The molecule has 0 aliphatic carbocycles. The molecule has 0 atom stereocenters. The van der Waals surface area contributed by atoms with Crippen molar-refractivity contribution in [1.29, 1.82) is 0 Å². The lowest BCUT2D eigenvalue weighted by Gasteiger charge is -2.14. The van der Waals surface area contributed by atoms with Gasteiger partial charge in [0.05, 0.1) is 11.3 Å². The minimum absolute atomic E-state index is 0.0482. The van der Waals surface area contributed by atoms with Crippen LogP contribution < -0.4 is 5.32 Å². The second-order valence-electron chi connectivity index (χ2n) is 5.56. The van der Waals surface area contributed by atoms with E-state index in [0.29, 0.717) is 13.1 Å². The third kappa shape index (κ3) is 5.55. The molecule has 1 aromatic carbocycles. The normalized spacial score (nSPS) is 13.4. The maximum atomic E-state index is 11.9. The van der Waals surface area contributed by atoms with Crippen molar-refractivity contribution >= 4 is 23.5 Å². The van der Waals surface area contributed by atoms with E-state index >= 15 is 0 Å². The third-order valence-electron chi connectivity index (χ3n) is 3.77. The molecule has 1 fully saturated rings. The highest BCUT2D eigenvalue weighted by Crippen LogP contribution is 2.11. The first kappa shape index (κ1) is 18.4. The molecule has 1 aliphatic rings. The molecule has 0 saturated carbocycles. The monoisotopic (exact) mass is 349 g/mol. The van der Waals surface area contributed by atoms with Gasteiger partial charge in [0.25, 0.3) is 17.5 Å². The van der Waals surface area contributed by atoms with Gasteiger partial charge in [0.1, 0.15) is 0 Å². The van der Waals surface area contributed by atoms with E-state index < -0.39 is 16.8 Å². The molecule has 9 heteroatoms. The van der Waals surface area contributed by atoms with Crippen LogP contribution in [-0.2, 0) is 14.3 Å². The molecule has 1 heterocycles. The zero-order valence-electron chi connectivity index (χ0n) is 13.6. The summed E-state index contributed by atoms with van der Waals surface area (Å²) in [6.07, 6.45) is 1.87. The van der Waals surface area contributed by atoms with Crippen LogP contribution in [0.5, 0.6) is 0 Å². The van der Waals surface area contributed by atoms with Crippen LogP contribution in [0.1, 0.15) is 29.6 Å². The first-order valence-electron chi connectivity index (χ1n) is 7.93. The lowest BCUT2D eigenvalue weighted by molar-refractivity contribution is -0.384. The lowest BCUT2D eigenvalue weighted by Crippen LogP contribution is -2.32. The third-order valence-corrected chi connectivity index (χ3v) is 3.77. The average molecular weight is 349 g/mol. The van der Waals surface area contributed by atoms with Crippen LogP contribution in [0.2, 0.25) is 0 Å². The smallest absolute Gasteiger partial charge is 0.308 e. The number of nitrogens with one attached hydrogen (secondary N) is 1. The number of nitrogens with zero attached hydrogens (tertiary/aromatic N) is 2. The zero-order chi connectivity index (χ0) is 18.2. The van der Waals surface area contributed by atoms with Crippen molar-refractivity contribution in [1.82, 2.24) is 10.2 Å². The van der Waals surface area contributed by atoms with Crippen LogP contribution in [0.3, 0.4) is 0 Å². The second kappa shape index (κ2) is 8.76. The first-order valence-corrected chi connectivity index (χ1v) is 7.93. The van der Waals surface area contributed by atoms with Gasteiger partial charge in [-0.2, -0.15) is 0 Å². The average Bonchev–Trinajstić information content (AvgIpc) is 3.14. The highest BCUT2D eigenvalue weighted by molar-refractivity contribution is 5.94. The molecule has 0 spiro atoms. The van der Waals surface area contributed by atoms with Crippen LogP contribution in [0.15, 0.2) is 24.3 Å². The molecule has 2 amide bonds. The number of likely N-dealkylation sites (tertiary alicyclic amines) is 1. The van der Waals surface area contributed by atoms with Crippen LogP contribution >= 0.6 is 0 Å². The molecule has 2 rings (SSSR count). The first-order chi connectivity index (χ1) is 12.0. The van der Waals surface area contributed by atoms with Gasteiger partial charge in [-0.3, -0.25) is 24.5 Å². The van der Waals surface area contributed by atoms with Crippen LogP contribution in [0.25, 0.3) is 0 Å². The quantitative estimate of drug-likeness (QED) is 0.443. The number of hydrogen-bond acceptors (Lipinski definition) is 6. The molecular formula is C16H19N3O6. The van der Waals surface area contributed by atoms with E-state index in [4.69, 9.17) is 4.74 Å². The van der Waals surface area contributed by atoms with Crippen molar-refractivity contribution in [3.63, 3.8) is 0 Å². The number of amides is 2. The molecule has 0 radical (unpaired) electrons. The highest BCUT2D eigenvalue weighted by Gasteiger charge is 2.19. The predicted molar refractivity (Wildman–Crippen MR) is 86.8 cm³/mol. The van der Waals surface area contributed by atoms with Crippen LogP contribution in [0, 0.1) is 10.1 Å². The Labute approximate surface area is 144 Å². The number of hydrogen-bond donors (Lipinski definition) is 1. The number of esters is 1. The Balaban J connectivity index is 1.67. The molecule has 134 valence electrons. The summed E-state index contributed by atoms with van der Waals surface area (Å²) in [5, 5.41) is 13.1. The Hall–Kier alpha value is -2.97. The summed E-state index contributed by atoms with van der Waals surface area (Å²) in [4.78, 5) is 46.8. The highest BCUT2D eigenvalue weighted by atomic mass is 16.6. The number of nitro benzene ring substituents is 1. The summed E-state index contributed by atoms with van der Waals surface area (Å²) in [7, 11) is 0. The van der Waals surface area contributed by atoms with Gasteiger partial charge in [-0.25, -0.2) is 0 Å². The van der Waals surface area contributed by atoms with E-state index in [9.17, 15) is 24.5 Å². The van der Waals surface area contributed by atoms with Gasteiger partial charge in [-0.1, -0.05) is 0 Å². The zero-order valence-corrected chi connectivity index (χ0v) is 13.6. The van der Waals surface area contributed by atoms with E-state index in [0.717, 1.165) is 12.8 Å². The van der Waals surface area contributed by atoms with Gasteiger partial charge >= 0.3 is 5.97 Å². The Morgan fingerprint density at radius 3 is 2.40 bits per heavy atom. The maximum absolute atomic E-state index is 11.9. The number of ether oxygens (including phenoxy) is 1. The van der Waals surface area contributed by atoms with Crippen molar-refractivity contribution < 1.29 is 24.0 Å². The fourth-order valence-electron chi connectivity index (χ4n) is 2.39. The van der Waals surface area contributed by atoms with Gasteiger partial charge in [0, 0.05) is 37.3 Å². The number of carbonyl (C=O) groups excluding carboxylic acids is 3. The summed E-state index contributed by atoms with van der Waals surface area (Å²) >= 11 is 0. The van der Waals surface area contributed by atoms with Gasteiger partial charge in [-0.15, -0.1) is 0 Å². The second-order valence-corrected chi connectivity index (χ2v) is 5.56. The number of carbonyl (C=O) groups is 3. The van der Waals surface area contributed by atoms with E-state index in [1.54, 1.807) is 4.90 Å². The molecular weight excluding hydrogens is 330 g/mol. The Kier molecular flexibility index (Phi) is 6.44. The number of nitro groups is 1. The molecule has 0 aromatic heterocycles. The van der Waals surface area contributed by atoms with Crippen molar-refractivity contribution in [2.24, 2.45) is 0 Å². The molecule has 25 heavy (non-hydrogen) atoms. The topological polar surface area (TPSA) is 119 Å². The van der Waals surface area contributed by atoms with Crippen LogP contribution in [-0.4, -0.2) is 53.8 Å². The Bertz CT molecular complexity index is 652. The van der Waals surface area contributed by atoms with Crippen molar-refractivity contribution in [3.05, 3.63) is 39.9 Å². The SMILES string of the molecule is O=C(CCNC(=O)c1ccc([N+](=O)[O-])cc1)OCC(=O)N1CCCC1. The van der Waals surface area contributed by atoms with Crippen molar-refractivity contribution in [2.45, 2.75) is 19.3 Å². The van der Waals surface area contributed by atoms with Gasteiger partial charge in [0.2, 0.25) is 0 Å². The van der Waals surface area contributed by atoms with Gasteiger partial charge in [-0.05, 0) is 25.0 Å². The molecule has 1 aromatic rings. The van der Waals surface area contributed by atoms with E-state index in [2.05, 4.69) is 5.32 Å². The van der Waals surface area contributed by atoms with Crippen molar-refractivity contribution in [2.75, 3.05) is 26.2 Å². The van der Waals surface area contributed by atoms with Crippen LogP contribution in [0.4, 0.5) is 5.69 Å². The summed E-state index contributed by atoms with van der Waals surface area (Å²) in [6, 6.07) is 5.13. The summed E-state index contributed by atoms with van der Waals surface area (Å²) in [5.41, 5.74) is 0.144. The minimum Gasteiger partial charge on any atom is -0.456 e. The fourth-order valence-corrected chi connectivity index (χ4v) is 2.39. The van der Waals surface area contributed by atoms with E-state index in [-0.39, 0.29) is 36.7 Å². The van der Waals surface area contributed by atoms with E-state index in [1.807, 2.05) is 0 Å². The van der Waals surface area contributed by atoms with E-state index in [1.165, 1.54) is 24.3 Å². The molecule has 0 bridgehead atoms. The molecule has 0 unspecified atom stereocenters. The summed E-state index contributed by atoms with van der Waals surface area (Å²) < 4.78 is 4.89. The molecule has 9 nitrogen and oxygen atoms in total. The van der Waals surface area contributed by atoms with Gasteiger partial charge < -0.3 is 15.0 Å². The number of non-ortho nitro benzene ring substituents is 1. The largest absolute Gasteiger partial charge is 0.456 e. The molecule has 1 saturated heterocycles. The number of rotatable bonds is 7. The molecule has 1 N–H and O–H groups in total. The Morgan fingerprint density at radius 1 is 1.16 bits per heavy atom. The molecule has 1 aliphatic heterocycles. The standard InChI is InChI=1S/C16H19N3O6/c20-14(18-9-1-2-10-18)11-25-15(21)7-8-17-16(22)12-3-5-13(6-4-12)19(23)24/h3-6H,1-2,7-11H2,(H,17,22). The number of benzene rings is 1. The van der Waals surface area contributed by atoms with Gasteiger partial charge in [0.15, 0.2) is 6.61 Å². The Morgan fingerprint density at radius 2 is 1.80 bits per heavy atom. The van der Waals surface area contributed by atoms with Crippen molar-refractivity contribution in [3.8, 4) is 0 Å². The summed E-state index contributed by atoms with van der Waals surface area (Å²) in [6.45, 7) is 1.16.